The Balaban J connectivity index is 1.66. The van der Waals surface area contributed by atoms with Crippen molar-refractivity contribution in [2.45, 2.75) is 6.18 Å². The molecule has 4 aromatic rings. The molecule has 28 heavy (non-hydrogen) atoms. The van der Waals surface area contributed by atoms with Gasteiger partial charge in [0.15, 0.2) is 5.69 Å². The number of rotatable bonds is 3. The predicted octanol–water partition coefficient (Wildman–Crippen LogP) is 4.29. The number of carbonyl (C=O) groups excluding carboxylic acids is 1. The van der Waals surface area contributed by atoms with Crippen LogP contribution >= 0.6 is 0 Å². The molecule has 0 fully saturated rings. The fourth-order valence-corrected chi connectivity index (χ4v) is 2.75. The molecule has 0 bridgehead atoms. The van der Waals surface area contributed by atoms with E-state index in [1.807, 2.05) is 12.1 Å². The molecule has 1 aromatic carbocycles. The van der Waals surface area contributed by atoms with Crippen LogP contribution in [0.15, 0.2) is 61.1 Å². The number of carbonyl (C=O) groups is 1. The third-order valence-electron chi connectivity index (χ3n) is 4.08. The molecule has 1 amide bonds. The van der Waals surface area contributed by atoms with Gasteiger partial charge in [0.25, 0.3) is 5.91 Å². The lowest BCUT2D eigenvalue weighted by atomic mass is 10.0. The zero-order valence-electron chi connectivity index (χ0n) is 14.2. The maximum Gasteiger partial charge on any atom is 0.433 e. The van der Waals surface area contributed by atoms with Crippen LogP contribution in [-0.2, 0) is 6.18 Å². The number of halogens is 3. The van der Waals surface area contributed by atoms with Gasteiger partial charge in [-0.1, -0.05) is 12.1 Å². The number of anilines is 1. The Morgan fingerprint density at radius 2 is 1.89 bits per heavy atom. The molecule has 0 unspecified atom stereocenters. The van der Waals surface area contributed by atoms with Crippen LogP contribution in [0.4, 0.5) is 18.9 Å². The lowest BCUT2D eigenvalue weighted by Crippen LogP contribution is -2.14. The highest BCUT2D eigenvalue weighted by atomic mass is 19.4. The molecule has 9 heteroatoms. The number of aromatic amines is 1. The van der Waals surface area contributed by atoms with Crippen molar-refractivity contribution in [3.05, 3.63) is 72.4 Å². The predicted molar refractivity (Wildman–Crippen MR) is 96.5 cm³/mol. The van der Waals surface area contributed by atoms with Crippen LogP contribution in [-0.4, -0.2) is 26.1 Å². The third-order valence-corrected chi connectivity index (χ3v) is 4.08. The van der Waals surface area contributed by atoms with E-state index >= 15 is 0 Å². The molecule has 3 aromatic heterocycles. The quantitative estimate of drug-likeness (QED) is 0.553. The van der Waals surface area contributed by atoms with Crippen molar-refractivity contribution in [2.24, 2.45) is 0 Å². The van der Waals surface area contributed by atoms with Gasteiger partial charge in [0.05, 0.1) is 5.52 Å². The number of pyridine rings is 2. The Labute approximate surface area is 156 Å². The highest BCUT2D eigenvalue weighted by molar-refractivity contribution is 6.11. The normalized spacial score (nSPS) is 11.5. The number of nitrogens with one attached hydrogen (secondary N) is 2. The summed E-state index contributed by atoms with van der Waals surface area (Å²) >= 11 is 0. The van der Waals surface area contributed by atoms with Crippen molar-refractivity contribution >= 4 is 22.5 Å². The Hall–Kier alpha value is -3.75. The SMILES string of the molecule is O=C(Nc1ccnc(C(F)(F)F)c1)c1n[nH]c2ccc(-c3cccnc3)cc12. The van der Waals surface area contributed by atoms with Crippen LogP contribution in [0.1, 0.15) is 16.2 Å². The smallest absolute Gasteiger partial charge is 0.320 e. The highest BCUT2D eigenvalue weighted by Gasteiger charge is 2.32. The van der Waals surface area contributed by atoms with Crippen molar-refractivity contribution in [3.8, 4) is 11.1 Å². The van der Waals surface area contributed by atoms with Crippen LogP contribution in [0.3, 0.4) is 0 Å². The number of alkyl halides is 3. The summed E-state index contributed by atoms with van der Waals surface area (Å²) in [5.41, 5.74) is 1.29. The van der Waals surface area contributed by atoms with Gasteiger partial charge >= 0.3 is 6.18 Å². The largest absolute Gasteiger partial charge is 0.433 e. The van der Waals surface area contributed by atoms with Gasteiger partial charge in [-0.15, -0.1) is 0 Å². The van der Waals surface area contributed by atoms with E-state index < -0.39 is 17.8 Å². The summed E-state index contributed by atoms with van der Waals surface area (Å²) in [6.07, 6.45) is -0.265. The van der Waals surface area contributed by atoms with Gasteiger partial charge in [-0.2, -0.15) is 18.3 Å². The number of amides is 1. The van der Waals surface area contributed by atoms with Crippen molar-refractivity contribution in [1.82, 2.24) is 20.2 Å². The Morgan fingerprint density at radius 3 is 2.64 bits per heavy atom. The summed E-state index contributed by atoms with van der Waals surface area (Å²) < 4.78 is 38.4. The van der Waals surface area contributed by atoms with Crippen molar-refractivity contribution in [1.29, 1.82) is 0 Å². The molecule has 0 spiro atoms. The van der Waals surface area contributed by atoms with Crippen molar-refractivity contribution < 1.29 is 18.0 Å². The van der Waals surface area contributed by atoms with E-state index in [0.29, 0.717) is 10.9 Å². The highest BCUT2D eigenvalue weighted by Crippen LogP contribution is 2.29. The Kier molecular flexibility index (Phi) is 4.26. The molecule has 0 radical (unpaired) electrons. The van der Waals surface area contributed by atoms with Gasteiger partial charge in [-0.3, -0.25) is 19.9 Å². The standard InChI is InChI=1S/C19H12F3N5O/c20-19(21,22)16-9-13(5-7-24-16)25-18(28)17-14-8-11(3-4-15(14)26-27-17)12-2-1-6-23-10-12/h1-10H,(H,26,27)(H,24,25,28). The molecule has 0 aliphatic rings. The molecule has 0 saturated carbocycles. The van der Waals surface area contributed by atoms with Gasteiger partial charge in [-0.25, -0.2) is 0 Å². The van der Waals surface area contributed by atoms with Crippen LogP contribution < -0.4 is 5.32 Å². The van der Waals surface area contributed by atoms with Crippen LogP contribution in [0, 0.1) is 0 Å². The molecule has 3 heterocycles. The molecule has 0 saturated heterocycles. The van der Waals surface area contributed by atoms with Crippen LogP contribution in [0.2, 0.25) is 0 Å². The summed E-state index contributed by atoms with van der Waals surface area (Å²) in [6, 6.07) is 11.1. The van der Waals surface area contributed by atoms with Gasteiger partial charge in [0.2, 0.25) is 0 Å². The van der Waals surface area contributed by atoms with Gasteiger partial charge in [-0.05, 0) is 35.9 Å². The average molecular weight is 383 g/mol. The summed E-state index contributed by atoms with van der Waals surface area (Å²) in [4.78, 5) is 19.9. The van der Waals surface area contributed by atoms with E-state index in [9.17, 15) is 18.0 Å². The molecule has 0 aliphatic heterocycles. The molecule has 0 atom stereocenters. The van der Waals surface area contributed by atoms with E-state index in [-0.39, 0.29) is 11.4 Å². The summed E-state index contributed by atoms with van der Waals surface area (Å²) in [5.74, 6) is -0.631. The maximum absolute atomic E-state index is 12.8. The Bertz CT molecular complexity index is 1160. The van der Waals surface area contributed by atoms with Crippen LogP contribution in [0.25, 0.3) is 22.0 Å². The topological polar surface area (TPSA) is 83.6 Å². The van der Waals surface area contributed by atoms with Crippen molar-refractivity contribution in [3.63, 3.8) is 0 Å². The second-order valence-electron chi connectivity index (χ2n) is 5.96. The lowest BCUT2D eigenvalue weighted by molar-refractivity contribution is -0.141. The molecule has 140 valence electrons. The average Bonchev–Trinajstić information content (AvgIpc) is 3.11. The summed E-state index contributed by atoms with van der Waals surface area (Å²) in [6.45, 7) is 0. The second kappa shape index (κ2) is 6.76. The van der Waals surface area contributed by atoms with E-state index in [4.69, 9.17) is 0 Å². The molecule has 6 nitrogen and oxygen atoms in total. The van der Waals surface area contributed by atoms with E-state index in [1.165, 1.54) is 6.07 Å². The number of nitrogens with zero attached hydrogens (tertiary/aromatic N) is 3. The van der Waals surface area contributed by atoms with Crippen LogP contribution in [0.5, 0.6) is 0 Å². The lowest BCUT2D eigenvalue weighted by Gasteiger charge is -2.08. The summed E-state index contributed by atoms with van der Waals surface area (Å²) in [7, 11) is 0. The summed E-state index contributed by atoms with van der Waals surface area (Å²) in [5, 5.41) is 9.74. The Morgan fingerprint density at radius 1 is 1.04 bits per heavy atom. The van der Waals surface area contributed by atoms with Gasteiger partial charge in [0, 0.05) is 35.2 Å². The number of hydrogen-bond acceptors (Lipinski definition) is 4. The molecular formula is C19H12F3N5O. The fourth-order valence-electron chi connectivity index (χ4n) is 2.75. The zero-order chi connectivity index (χ0) is 19.7. The minimum atomic E-state index is -4.60. The minimum absolute atomic E-state index is 0.0214. The molecule has 2 N–H and O–H groups in total. The molecule has 4 rings (SSSR count). The van der Waals surface area contributed by atoms with E-state index in [0.717, 1.165) is 23.4 Å². The first-order chi connectivity index (χ1) is 13.4. The first-order valence-corrected chi connectivity index (χ1v) is 8.15. The first kappa shape index (κ1) is 17.7. The zero-order valence-corrected chi connectivity index (χ0v) is 14.2. The maximum atomic E-state index is 12.8. The number of H-pyrrole nitrogens is 1. The van der Waals surface area contributed by atoms with Crippen molar-refractivity contribution in [2.75, 3.05) is 5.32 Å². The van der Waals surface area contributed by atoms with Gasteiger partial charge < -0.3 is 5.32 Å². The van der Waals surface area contributed by atoms with E-state index in [2.05, 4.69) is 25.5 Å². The molecular weight excluding hydrogens is 371 g/mol. The van der Waals surface area contributed by atoms with E-state index in [1.54, 1.807) is 30.6 Å². The number of benzene rings is 1. The van der Waals surface area contributed by atoms with Gasteiger partial charge in [0.1, 0.15) is 5.69 Å². The molecule has 0 aliphatic carbocycles. The monoisotopic (exact) mass is 383 g/mol. The number of aromatic nitrogens is 4. The third kappa shape index (κ3) is 3.41. The first-order valence-electron chi connectivity index (χ1n) is 8.15. The number of hydrogen-bond donors (Lipinski definition) is 2. The number of fused-ring (bicyclic) bond motifs is 1. The fraction of sp³-hybridized carbons (Fsp3) is 0.0526. The minimum Gasteiger partial charge on any atom is -0.320 e. The second-order valence-corrected chi connectivity index (χ2v) is 5.96.